The van der Waals surface area contributed by atoms with Crippen molar-refractivity contribution in [1.29, 1.82) is 0 Å². The van der Waals surface area contributed by atoms with Gasteiger partial charge in [0.15, 0.2) is 0 Å². The van der Waals surface area contributed by atoms with Gasteiger partial charge in [0.25, 0.3) is 0 Å². The van der Waals surface area contributed by atoms with Crippen LogP contribution in [0.5, 0.6) is 0 Å². The van der Waals surface area contributed by atoms with Crippen molar-refractivity contribution in [2.75, 3.05) is 6.61 Å². The molecule has 0 unspecified atom stereocenters. The van der Waals surface area contributed by atoms with Crippen molar-refractivity contribution in [1.82, 2.24) is 0 Å². The van der Waals surface area contributed by atoms with Gasteiger partial charge < -0.3 is 14.2 Å². The molecule has 4 heteroatoms. The number of carbonyl (C=O) groups excluding carboxylic acids is 1. The molecule has 2 aliphatic rings. The number of benzene rings is 2. The second-order valence-corrected chi connectivity index (χ2v) is 7.13. The fraction of sp³-hybridized carbons (Fsp3) is 0.409. The first-order valence-electron chi connectivity index (χ1n) is 9.26. The number of rotatable bonds is 7. The first-order chi connectivity index (χ1) is 12.8. The van der Waals surface area contributed by atoms with Gasteiger partial charge in [-0.3, -0.25) is 4.79 Å². The quantitative estimate of drug-likeness (QED) is 0.712. The average Bonchev–Trinajstić information content (AvgIpc) is 3.18. The molecular formula is C22H24O4. The molecule has 2 aromatic carbocycles. The van der Waals surface area contributed by atoms with Gasteiger partial charge in [-0.15, -0.1) is 0 Å². The summed E-state index contributed by atoms with van der Waals surface area (Å²) in [6.07, 6.45) is 1.29. The fourth-order valence-corrected chi connectivity index (χ4v) is 4.04. The Balaban J connectivity index is 1.37. The minimum Gasteiger partial charge on any atom is -0.462 e. The minimum absolute atomic E-state index is 0.0198. The first-order valence-corrected chi connectivity index (χ1v) is 9.26. The van der Waals surface area contributed by atoms with E-state index in [4.69, 9.17) is 14.2 Å². The molecule has 136 valence electrons. The summed E-state index contributed by atoms with van der Waals surface area (Å²) in [5.74, 6) is 0.312. The van der Waals surface area contributed by atoms with Crippen LogP contribution >= 0.6 is 0 Å². The lowest BCUT2D eigenvalue weighted by Gasteiger charge is -2.23. The zero-order valence-electron chi connectivity index (χ0n) is 14.8. The van der Waals surface area contributed by atoms with Gasteiger partial charge in [-0.25, -0.2) is 0 Å². The SMILES string of the molecule is O=C1C[C@@H]2[C@H](COCc3ccccc3)[C@@H](OCc3ccccc3)C[C@@H]2O1. The summed E-state index contributed by atoms with van der Waals surface area (Å²) >= 11 is 0. The molecule has 4 nitrogen and oxygen atoms in total. The molecule has 26 heavy (non-hydrogen) atoms. The molecule has 1 saturated heterocycles. The Labute approximate surface area is 154 Å². The number of hydrogen-bond acceptors (Lipinski definition) is 4. The number of fused-ring (bicyclic) bond motifs is 1. The molecule has 0 N–H and O–H groups in total. The van der Waals surface area contributed by atoms with Gasteiger partial charge >= 0.3 is 5.97 Å². The summed E-state index contributed by atoms with van der Waals surface area (Å²) in [6.45, 7) is 1.75. The molecule has 4 atom stereocenters. The van der Waals surface area contributed by atoms with E-state index in [0.29, 0.717) is 26.2 Å². The highest BCUT2D eigenvalue weighted by molar-refractivity contribution is 5.72. The molecule has 2 aromatic rings. The molecule has 0 radical (unpaired) electrons. The Kier molecular flexibility index (Phi) is 5.32. The summed E-state index contributed by atoms with van der Waals surface area (Å²) in [4.78, 5) is 11.7. The molecule has 0 bridgehead atoms. The lowest BCUT2D eigenvalue weighted by atomic mass is 9.93. The van der Waals surface area contributed by atoms with Crippen LogP contribution in [0.2, 0.25) is 0 Å². The largest absolute Gasteiger partial charge is 0.462 e. The van der Waals surface area contributed by atoms with E-state index in [1.165, 1.54) is 0 Å². The van der Waals surface area contributed by atoms with E-state index in [0.717, 1.165) is 17.5 Å². The summed E-state index contributed by atoms with van der Waals surface area (Å²) < 4.78 is 17.7. The van der Waals surface area contributed by atoms with Gasteiger partial charge in [0.2, 0.25) is 0 Å². The Hall–Kier alpha value is -2.17. The zero-order chi connectivity index (χ0) is 17.8. The number of carbonyl (C=O) groups is 1. The summed E-state index contributed by atoms with van der Waals surface area (Å²) in [5.41, 5.74) is 2.31. The van der Waals surface area contributed by atoms with Crippen LogP contribution < -0.4 is 0 Å². The standard InChI is InChI=1S/C22H24O4/c23-22-11-18-19(15-24-13-16-7-3-1-4-8-16)20(12-21(18)26-22)25-14-17-9-5-2-6-10-17/h1-10,18-21H,11-15H2/t18-,19+,20+,21+/m1/s1. The molecule has 4 rings (SSSR count). The van der Waals surface area contributed by atoms with E-state index in [9.17, 15) is 4.79 Å². The third kappa shape index (κ3) is 3.97. The van der Waals surface area contributed by atoms with Crippen LogP contribution in [0, 0.1) is 11.8 Å². The fourth-order valence-electron chi connectivity index (χ4n) is 4.04. The van der Waals surface area contributed by atoms with Crippen molar-refractivity contribution in [2.24, 2.45) is 11.8 Å². The topological polar surface area (TPSA) is 44.8 Å². The van der Waals surface area contributed by atoms with E-state index in [1.807, 2.05) is 36.4 Å². The summed E-state index contributed by atoms with van der Waals surface area (Å²) in [7, 11) is 0. The lowest BCUT2D eigenvalue weighted by Crippen LogP contribution is -2.27. The molecule has 1 aliphatic heterocycles. The van der Waals surface area contributed by atoms with Gasteiger partial charge in [-0.05, 0) is 11.1 Å². The molecule has 1 heterocycles. The molecule has 0 spiro atoms. The van der Waals surface area contributed by atoms with Crippen molar-refractivity contribution in [3.05, 3.63) is 71.8 Å². The Morgan fingerprint density at radius 2 is 1.58 bits per heavy atom. The van der Waals surface area contributed by atoms with Crippen molar-refractivity contribution >= 4 is 5.97 Å². The Morgan fingerprint density at radius 1 is 0.923 bits per heavy atom. The van der Waals surface area contributed by atoms with E-state index in [1.54, 1.807) is 0 Å². The third-order valence-electron chi connectivity index (χ3n) is 5.38. The van der Waals surface area contributed by atoms with Gasteiger partial charge in [0.05, 0.1) is 32.3 Å². The molecule has 1 aliphatic carbocycles. The van der Waals surface area contributed by atoms with Gasteiger partial charge in [-0.1, -0.05) is 60.7 Å². The summed E-state index contributed by atoms with van der Waals surface area (Å²) in [5, 5.41) is 0. The molecule has 2 fully saturated rings. The van der Waals surface area contributed by atoms with Gasteiger partial charge in [0.1, 0.15) is 6.10 Å². The second kappa shape index (κ2) is 8.02. The van der Waals surface area contributed by atoms with Crippen LogP contribution in [0.25, 0.3) is 0 Å². The smallest absolute Gasteiger partial charge is 0.306 e. The zero-order valence-corrected chi connectivity index (χ0v) is 14.8. The molecular weight excluding hydrogens is 328 g/mol. The van der Waals surface area contributed by atoms with Crippen LogP contribution in [0.15, 0.2) is 60.7 Å². The maximum atomic E-state index is 11.7. The van der Waals surface area contributed by atoms with Gasteiger partial charge in [0, 0.05) is 18.3 Å². The van der Waals surface area contributed by atoms with E-state index < -0.39 is 0 Å². The van der Waals surface area contributed by atoms with Crippen LogP contribution in [0.3, 0.4) is 0 Å². The van der Waals surface area contributed by atoms with E-state index in [-0.39, 0.29) is 30.0 Å². The Bertz CT molecular complexity index is 715. The van der Waals surface area contributed by atoms with Crippen molar-refractivity contribution in [3.8, 4) is 0 Å². The lowest BCUT2D eigenvalue weighted by molar-refractivity contribution is -0.142. The van der Waals surface area contributed by atoms with Crippen molar-refractivity contribution in [2.45, 2.75) is 38.3 Å². The normalized spacial score (nSPS) is 27.3. The molecule has 0 aromatic heterocycles. The average molecular weight is 352 g/mol. The second-order valence-electron chi connectivity index (χ2n) is 7.13. The van der Waals surface area contributed by atoms with Crippen LogP contribution in [0.4, 0.5) is 0 Å². The molecule has 1 saturated carbocycles. The first kappa shape index (κ1) is 17.3. The monoisotopic (exact) mass is 352 g/mol. The Morgan fingerprint density at radius 3 is 2.27 bits per heavy atom. The van der Waals surface area contributed by atoms with E-state index >= 15 is 0 Å². The third-order valence-corrected chi connectivity index (χ3v) is 5.38. The molecule has 0 amide bonds. The van der Waals surface area contributed by atoms with Crippen molar-refractivity contribution in [3.63, 3.8) is 0 Å². The van der Waals surface area contributed by atoms with E-state index in [2.05, 4.69) is 24.3 Å². The summed E-state index contributed by atoms with van der Waals surface area (Å²) in [6, 6.07) is 20.3. The van der Waals surface area contributed by atoms with Crippen LogP contribution in [-0.4, -0.2) is 24.8 Å². The highest BCUT2D eigenvalue weighted by Gasteiger charge is 2.50. The maximum absolute atomic E-state index is 11.7. The van der Waals surface area contributed by atoms with Gasteiger partial charge in [-0.2, -0.15) is 0 Å². The van der Waals surface area contributed by atoms with Crippen LogP contribution in [0.1, 0.15) is 24.0 Å². The highest BCUT2D eigenvalue weighted by Crippen LogP contribution is 2.43. The maximum Gasteiger partial charge on any atom is 0.306 e. The number of hydrogen-bond donors (Lipinski definition) is 0. The van der Waals surface area contributed by atoms with Crippen LogP contribution in [-0.2, 0) is 32.2 Å². The number of esters is 1. The predicted octanol–water partition coefficient (Wildman–Crippen LogP) is 3.74. The predicted molar refractivity (Wildman–Crippen MR) is 97.2 cm³/mol. The number of ether oxygens (including phenoxy) is 3. The highest BCUT2D eigenvalue weighted by atomic mass is 16.6. The minimum atomic E-state index is -0.0884. The van der Waals surface area contributed by atoms with Crippen molar-refractivity contribution < 1.29 is 19.0 Å².